The molecule has 168 valence electrons. The maximum atomic E-state index is 12.9. The smallest absolute Gasteiger partial charge is 0.408 e. The molecular weight excluding hydrogens is 404 g/mol. The molecule has 31 heavy (non-hydrogen) atoms. The van der Waals surface area contributed by atoms with Crippen molar-refractivity contribution in [2.24, 2.45) is 0 Å². The molecule has 0 aliphatic heterocycles. The lowest BCUT2D eigenvalue weighted by molar-refractivity contribution is -0.143. The van der Waals surface area contributed by atoms with E-state index >= 15 is 0 Å². The Morgan fingerprint density at radius 2 is 1.71 bits per heavy atom. The van der Waals surface area contributed by atoms with Gasteiger partial charge in [-0.25, -0.2) is 4.79 Å². The van der Waals surface area contributed by atoms with Gasteiger partial charge in [0, 0.05) is 0 Å². The topological polar surface area (TPSA) is 138 Å². The lowest BCUT2D eigenvalue weighted by atomic mass is 10.0. The maximum absolute atomic E-state index is 12.9. The van der Waals surface area contributed by atoms with E-state index in [9.17, 15) is 24.4 Å². The molecular formula is C21H28N4O6. The van der Waals surface area contributed by atoms with Gasteiger partial charge < -0.3 is 25.0 Å². The van der Waals surface area contributed by atoms with Gasteiger partial charge in [0.05, 0.1) is 13.2 Å². The average molecular weight is 432 g/mol. The number of benzene rings is 1. The molecule has 1 rings (SSSR count). The first-order valence-electron chi connectivity index (χ1n) is 9.53. The Bertz CT molecular complexity index is 839. The van der Waals surface area contributed by atoms with E-state index in [1.54, 1.807) is 45.0 Å². The largest absolute Gasteiger partial charge is 0.468 e. The van der Waals surface area contributed by atoms with Crippen LogP contribution in [0.1, 0.15) is 37.9 Å². The van der Waals surface area contributed by atoms with Crippen LogP contribution < -0.4 is 10.6 Å². The Morgan fingerprint density at radius 1 is 1.10 bits per heavy atom. The maximum Gasteiger partial charge on any atom is 0.408 e. The Hall–Kier alpha value is -3.61. The molecule has 3 amide bonds. The highest BCUT2D eigenvalue weighted by atomic mass is 16.6. The molecule has 10 nitrogen and oxygen atoms in total. The summed E-state index contributed by atoms with van der Waals surface area (Å²) in [5.74, 6) is -2.01. The number of methoxy groups -OCH3 is 1. The third-order valence-corrected chi connectivity index (χ3v) is 3.93. The number of aryl methyl sites for hydroxylation is 1. The van der Waals surface area contributed by atoms with Crippen LogP contribution in [0.3, 0.4) is 0 Å². The van der Waals surface area contributed by atoms with Crippen LogP contribution >= 0.6 is 0 Å². The number of ether oxygens (including phenoxy) is 2. The van der Waals surface area contributed by atoms with Crippen molar-refractivity contribution < 1.29 is 28.7 Å². The van der Waals surface area contributed by atoms with E-state index in [2.05, 4.69) is 15.4 Å². The zero-order chi connectivity index (χ0) is 23.6. The van der Waals surface area contributed by atoms with Gasteiger partial charge in [0.2, 0.25) is 11.8 Å². The zero-order valence-electron chi connectivity index (χ0n) is 18.4. The minimum Gasteiger partial charge on any atom is -0.468 e. The summed E-state index contributed by atoms with van der Waals surface area (Å²) in [5.41, 5.74) is 0.619. The van der Waals surface area contributed by atoms with Crippen LogP contribution in [0.25, 0.3) is 0 Å². The van der Waals surface area contributed by atoms with Gasteiger partial charge in [-0.05, 0) is 33.3 Å². The number of nitrogens with one attached hydrogen (secondary N) is 2. The number of rotatable bonds is 8. The summed E-state index contributed by atoms with van der Waals surface area (Å²) in [6.07, 6.45) is -0.806. The van der Waals surface area contributed by atoms with Gasteiger partial charge in [-0.3, -0.25) is 14.4 Å². The van der Waals surface area contributed by atoms with E-state index in [1.807, 2.05) is 13.0 Å². The van der Waals surface area contributed by atoms with Crippen LogP contribution in [0, 0.1) is 18.3 Å². The van der Waals surface area contributed by atoms with Crippen molar-refractivity contribution in [3.8, 4) is 6.07 Å². The first-order valence-corrected chi connectivity index (χ1v) is 9.53. The summed E-state index contributed by atoms with van der Waals surface area (Å²) in [4.78, 5) is 50.0. The summed E-state index contributed by atoms with van der Waals surface area (Å²) in [6, 6.07) is 7.47. The van der Waals surface area contributed by atoms with Crippen molar-refractivity contribution in [1.82, 2.24) is 15.5 Å². The predicted octanol–water partition coefficient (Wildman–Crippen LogP) is 1.20. The van der Waals surface area contributed by atoms with Crippen molar-refractivity contribution in [3.05, 3.63) is 35.4 Å². The molecule has 1 unspecified atom stereocenters. The molecule has 0 saturated carbocycles. The molecule has 0 aliphatic rings. The van der Waals surface area contributed by atoms with Gasteiger partial charge in [-0.1, -0.05) is 29.8 Å². The molecule has 0 heterocycles. The van der Waals surface area contributed by atoms with Crippen LogP contribution in [0.15, 0.2) is 24.3 Å². The van der Waals surface area contributed by atoms with Crippen molar-refractivity contribution in [2.75, 3.05) is 26.7 Å². The molecule has 1 atom stereocenters. The van der Waals surface area contributed by atoms with Crippen LogP contribution in [0.5, 0.6) is 0 Å². The lowest BCUT2D eigenvalue weighted by Gasteiger charge is -2.29. The van der Waals surface area contributed by atoms with E-state index in [1.165, 1.54) is 7.11 Å². The Balaban J connectivity index is 3.11. The van der Waals surface area contributed by atoms with Gasteiger partial charge in [-0.2, -0.15) is 5.26 Å². The van der Waals surface area contributed by atoms with Crippen LogP contribution in [-0.2, 0) is 23.9 Å². The summed E-state index contributed by atoms with van der Waals surface area (Å²) in [6.45, 7) is 5.59. The molecule has 0 aliphatic carbocycles. The molecule has 2 N–H and O–H groups in total. The molecule has 1 aromatic rings. The van der Waals surface area contributed by atoms with Gasteiger partial charge >= 0.3 is 12.1 Å². The predicted molar refractivity (Wildman–Crippen MR) is 111 cm³/mol. The fourth-order valence-corrected chi connectivity index (χ4v) is 2.51. The van der Waals surface area contributed by atoms with Gasteiger partial charge in [0.1, 0.15) is 31.3 Å². The van der Waals surface area contributed by atoms with E-state index in [0.717, 1.165) is 10.5 Å². The lowest BCUT2D eigenvalue weighted by Crippen LogP contribution is -2.48. The van der Waals surface area contributed by atoms with Crippen LogP contribution in [-0.4, -0.2) is 61.1 Å². The van der Waals surface area contributed by atoms with Crippen molar-refractivity contribution in [1.29, 1.82) is 5.26 Å². The molecule has 0 fully saturated rings. The SMILES string of the molecule is COC(=O)CNC(=O)C(c1ccc(C)cc1)N(CC#N)C(=O)CNC(=O)OC(C)(C)C. The molecule has 0 saturated heterocycles. The minimum absolute atomic E-state index is 0.400. The van der Waals surface area contributed by atoms with E-state index in [-0.39, 0.29) is 0 Å². The second kappa shape index (κ2) is 11.5. The van der Waals surface area contributed by atoms with E-state index in [4.69, 9.17) is 4.74 Å². The Morgan fingerprint density at radius 3 is 2.23 bits per heavy atom. The summed E-state index contributed by atoms with van der Waals surface area (Å²) < 4.78 is 9.61. The summed E-state index contributed by atoms with van der Waals surface area (Å²) >= 11 is 0. The number of nitrogens with zero attached hydrogens (tertiary/aromatic N) is 2. The monoisotopic (exact) mass is 432 g/mol. The Labute approximate surface area is 181 Å². The standard InChI is InChI=1S/C21H28N4O6/c1-14-6-8-15(9-7-14)18(19(28)23-13-17(27)30-5)25(11-10-22)16(26)12-24-20(29)31-21(2,3)4/h6-9,18H,11-13H2,1-5H3,(H,23,28)(H,24,29). The first kappa shape index (κ1) is 25.4. The molecule has 1 aromatic carbocycles. The zero-order valence-corrected chi connectivity index (χ0v) is 18.4. The molecule has 0 aromatic heterocycles. The average Bonchev–Trinajstić information content (AvgIpc) is 2.69. The third-order valence-electron chi connectivity index (χ3n) is 3.93. The van der Waals surface area contributed by atoms with E-state index < -0.39 is 55.2 Å². The number of carbonyl (C=O) groups is 4. The molecule has 10 heteroatoms. The third kappa shape index (κ3) is 8.74. The Kier molecular flexibility index (Phi) is 9.47. The normalized spacial score (nSPS) is 11.5. The van der Waals surface area contributed by atoms with Gasteiger partial charge in [0.15, 0.2) is 0 Å². The highest BCUT2D eigenvalue weighted by Gasteiger charge is 2.32. The van der Waals surface area contributed by atoms with Crippen molar-refractivity contribution >= 4 is 23.9 Å². The van der Waals surface area contributed by atoms with Crippen LogP contribution in [0.2, 0.25) is 0 Å². The molecule has 0 radical (unpaired) electrons. The van der Waals surface area contributed by atoms with Gasteiger partial charge in [-0.15, -0.1) is 0 Å². The number of hydrogen-bond acceptors (Lipinski definition) is 7. The van der Waals surface area contributed by atoms with E-state index in [0.29, 0.717) is 5.56 Å². The number of amides is 3. The number of hydrogen-bond donors (Lipinski definition) is 2. The van der Waals surface area contributed by atoms with Crippen molar-refractivity contribution in [2.45, 2.75) is 39.3 Å². The number of esters is 1. The second-order valence-corrected chi connectivity index (χ2v) is 7.64. The van der Waals surface area contributed by atoms with Gasteiger partial charge in [0.25, 0.3) is 0 Å². The highest BCUT2D eigenvalue weighted by molar-refractivity contribution is 5.92. The van der Waals surface area contributed by atoms with Crippen LogP contribution in [0.4, 0.5) is 4.79 Å². The first-order chi connectivity index (χ1) is 14.5. The quantitative estimate of drug-likeness (QED) is 0.465. The highest BCUT2D eigenvalue weighted by Crippen LogP contribution is 2.22. The second-order valence-electron chi connectivity index (χ2n) is 7.64. The fourth-order valence-electron chi connectivity index (χ4n) is 2.51. The summed E-state index contributed by atoms with van der Waals surface area (Å²) in [5, 5.41) is 14.0. The minimum atomic E-state index is -1.20. The number of nitriles is 1. The van der Waals surface area contributed by atoms with Crippen molar-refractivity contribution in [3.63, 3.8) is 0 Å². The fraction of sp³-hybridized carbons (Fsp3) is 0.476. The number of alkyl carbamates (subject to hydrolysis) is 1. The number of carbonyl (C=O) groups excluding carboxylic acids is 4. The molecule has 0 bridgehead atoms. The molecule has 0 spiro atoms. The summed E-state index contributed by atoms with van der Waals surface area (Å²) in [7, 11) is 1.18.